The number of benzene rings is 1. The zero-order valence-corrected chi connectivity index (χ0v) is 13.2. The molecule has 21 heavy (non-hydrogen) atoms. The van der Waals surface area contributed by atoms with E-state index in [0.29, 0.717) is 17.7 Å². The quantitative estimate of drug-likeness (QED) is 0.807. The third-order valence-corrected chi connectivity index (χ3v) is 5.20. The van der Waals surface area contributed by atoms with Gasteiger partial charge in [-0.2, -0.15) is 0 Å². The highest BCUT2D eigenvalue weighted by atomic mass is 16.5. The molecule has 0 radical (unpaired) electrons. The maximum Gasteiger partial charge on any atom is 0.170 e. The van der Waals surface area contributed by atoms with E-state index in [2.05, 4.69) is 11.8 Å². The van der Waals surface area contributed by atoms with Crippen LogP contribution >= 0.6 is 0 Å². The molecule has 4 nitrogen and oxygen atoms in total. The van der Waals surface area contributed by atoms with Crippen molar-refractivity contribution in [1.82, 2.24) is 4.90 Å². The van der Waals surface area contributed by atoms with E-state index >= 15 is 0 Å². The van der Waals surface area contributed by atoms with Gasteiger partial charge in [0.1, 0.15) is 11.4 Å². The molecule has 0 amide bonds. The maximum atomic E-state index is 12.6. The van der Waals surface area contributed by atoms with Gasteiger partial charge in [0.2, 0.25) is 0 Å². The van der Waals surface area contributed by atoms with Gasteiger partial charge in [0, 0.05) is 31.6 Å². The van der Waals surface area contributed by atoms with E-state index in [-0.39, 0.29) is 11.4 Å². The van der Waals surface area contributed by atoms with E-state index in [4.69, 9.17) is 10.5 Å². The van der Waals surface area contributed by atoms with Crippen LogP contribution in [0.3, 0.4) is 0 Å². The summed E-state index contributed by atoms with van der Waals surface area (Å²) in [6.45, 7) is 9.24. The first-order valence-corrected chi connectivity index (χ1v) is 7.80. The highest BCUT2D eigenvalue weighted by Crippen LogP contribution is 2.43. The van der Waals surface area contributed by atoms with Crippen molar-refractivity contribution >= 4 is 11.5 Å². The Bertz CT molecular complexity index is 587. The molecule has 1 aromatic rings. The first-order valence-electron chi connectivity index (χ1n) is 7.80. The molecule has 0 aliphatic carbocycles. The maximum absolute atomic E-state index is 12.6. The molecule has 0 atom stereocenters. The van der Waals surface area contributed by atoms with Gasteiger partial charge in [0.25, 0.3) is 0 Å². The highest BCUT2D eigenvalue weighted by molar-refractivity contribution is 6.02. The second-order valence-corrected chi connectivity index (χ2v) is 6.41. The standard InChI is InChI=1S/C17H24N2O2/c1-4-19-7-5-17(6-8-19)10-15(20)13-9-14(18)11(2)12(3)16(13)21-17/h9H,4-8,10,18H2,1-3H3. The number of anilines is 1. The third-order valence-electron chi connectivity index (χ3n) is 5.20. The molecule has 0 unspecified atom stereocenters. The molecule has 2 heterocycles. The first kappa shape index (κ1) is 14.4. The number of piperidine rings is 1. The average molecular weight is 288 g/mol. The van der Waals surface area contributed by atoms with Crippen LogP contribution in [0.1, 0.15) is 47.7 Å². The van der Waals surface area contributed by atoms with Crippen LogP contribution in [0.4, 0.5) is 5.69 Å². The number of ether oxygens (including phenoxy) is 1. The zero-order valence-electron chi connectivity index (χ0n) is 13.2. The summed E-state index contributed by atoms with van der Waals surface area (Å²) in [7, 11) is 0. The van der Waals surface area contributed by atoms with Gasteiger partial charge in [-0.1, -0.05) is 6.92 Å². The van der Waals surface area contributed by atoms with Gasteiger partial charge in [0.05, 0.1) is 12.0 Å². The van der Waals surface area contributed by atoms with E-state index in [1.165, 1.54) is 0 Å². The van der Waals surface area contributed by atoms with Gasteiger partial charge in [-0.15, -0.1) is 0 Å². The minimum atomic E-state index is -0.303. The van der Waals surface area contributed by atoms with Crippen molar-refractivity contribution in [1.29, 1.82) is 0 Å². The van der Waals surface area contributed by atoms with Crippen molar-refractivity contribution in [2.24, 2.45) is 0 Å². The Labute approximate surface area is 126 Å². The second-order valence-electron chi connectivity index (χ2n) is 6.41. The van der Waals surface area contributed by atoms with Crippen LogP contribution in [-0.2, 0) is 0 Å². The number of carbonyl (C=O) groups is 1. The fourth-order valence-corrected chi connectivity index (χ4v) is 3.45. The van der Waals surface area contributed by atoms with Gasteiger partial charge >= 0.3 is 0 Å². The van der Waals surface area contributed by atoms with E-state index in [1.54, 1.807) is 6.07 Å². The molecule has 4 heteroatoms. The predicted octanol–water partition coefficient (Wildman–Crippen LogP) is 2.71. The number of ketones is 1. The number of nitrogens with two attached hydrogens (primary N) is 1. The van der Waals surface area contributed by atoms with Crippen LogP contribution in [-0.4, -0.2) is 35.9 Å². The van der Waals surface area contributed by atoms with E-state index in [9.17, 15) is 4.79 Å². The molecular formula is C17H24N2O2. The molecule has 1 spiro atoms. The Morgan fingerprint density at radius 1 is 1.29 bits per heavy atom. The number of likely N-dealkylation sites (tertiary alicyclic amines) is 1. The summed E-state index contributed by atoms with van der Waals surface area (Å²) in [5.41, 5.74) is 9.07. The highest BCUT2D eigenvalue weighted by Gasteiger charge is 2.43. The Balaban J connectivity index is 1.96. The second kappa shape index (κ2) is 5.02. The summed E-state index contributed by atoms with van der Waals surface area (Å²) >= 11 is 0. The van der Waals surface area contributed by atoms with E-state index < -0.39 is 0 Å². The minimum Gasteiger partial charge on any atom is -0.486 e. The van der Waals surface area contributed by atoms with Crippen LogP contribution in [0.25, 0.3) is 0 Å². The molecule has 1 saturated heterocycles. The number of Topliss-reactive ketones (excluding diaryl/α,β-unsaturated/α-hetero) is 1. The SMILES string of the molecule is CCN1CCC2(CC1)CC(=O)c1cc(N)c(C)c(C)c1O2. The average Bonchev–Trinajstić information content (AvgIpc) is 2.48. The van der Waals surface area contributed by atoms with E-state index in [0.717, 1.165) is 49.4 Å². The molecular weight excluding hydrogens is 264 g/mol. The number of nitrogen functional groups attached to an aromatic ring is 1. The van der Waals surface area contributed by atoms with Crippen LogP contribution in [0.15, 0.2) is 6.07 Å². The smallest absolute Gasteiger partial charge is 0.170 e. The number of fused-ring (bicyclic) bond motifs is 1. The van der Waals surface area contributed by atoms with Crippen molar-refractivity contribution in [3.05, 3.63) is 22.8 Å². The third kappa shape index (κ3) is 2.31. The number of rotatable bonds is 1. The normalized spacial score (nSPS) is 21.2. The van der Waals surface area contributed by atoms with Crippen LogP contribution in [0.2, 0.25) is 0 Å². The van der Waals surface area contributed by atoms with Crippen molar-refractivity contribution in [3.8, 4) is 5.75 Å². The fourth-order valence-electron chi connectivity index (χ4n) is 3.45. The molecule has 3 rings (SSSR count). The molecule has 114 valence electrons. The summed E-state index contributed by atoms with van der Waals surface area (Å²) in [6.07, 6.45) is 2.34. The van der Waals surface area contributed by atoms with Crippen LogP contribution in [0.5, 0.6) is 5.75 Å². The predicted molar refractivity (Wildman–Crippen MR) is 84.0 cm³/mol. The molecule has 0 bridgehead atoms. The first-order chi connectivity index (χ1) is 9.96. The summed E-state index contributed by atoms with van der Waals surface area (Å²) in [5, 5.41) is 0. The van der Waals surface area contributed by atoms with Gasteiger partial charge in [-0.25, -0.2) is 0 Å². The van der Waals surface area contributed by atoms with Crippen molar-refractivity contribution in [3.63, 3.8) is 0 Å². The zero-order chi connectivity index (χ0) is 15.2. The summed E-state index contributed by atoms with van der Waals surface area (Å²) in [6, 6.07) is 1.79. The molecule has 2 aliphatic rings. The molecule has 2 aliphatic heterocycles. The number of hydrogen-bond acceptors (Lipinski definition) is 4. The molecule has 1 aromatic carbocycles. The van der Waals surface area contributed by atoms with Crippen LogP contribution in [0, 0.1) is 13.8 Å². The lowest BCUT2D eigenvalue weighted by Gasteiger charge is -2.44. The molecule has 1 fully saturated rings. The molecule has 0 aromatic heterocycles. The van der Waals surface area contributed by atoms with Gasteiger partial charge < -0.3 is 15.4 Å². The minimum absolute atomic E-state index is 0.177. The van der Waals surface area contributed by atoms with Gasteiger partial charge in [-0.3, -0.25) is 4.79 Å². The lowest BCUT2D eigenvalue weighted by molar-refractivity contribution is -0.00831. The van der Waals surface area contributed by atoms with Crippen molar-refractivity contribution in [2.75, 3.05) is 25.4 Å². The fraction of sp³-hybridized carbons (Fsp3) is 0.588. The number of hydrogen-bond donors (Lipinski definition) is 1. The van der Waals surface area contributed by atoms with Gasteiger partial charge in [0.15, 0.2) is 5.78 Å². The Kier molecular flexibility index (Phi) is 3.44. The van der Waals surface area contributed by atoms with E-state index in [1.807, 2.05) is 13.8 Å². The lowest BCUT2D eigenvalue weighted by atomic mass is 9.81. The summed E-state index contributed by atoms with van der Waals surface area (Å²) < 4.78 is 6.39. The topological polar surface area (TPSA) is 55.6 Å². The van der Waals surface area contributed by atoms with Crippen LogP contribution < -0.4 is 10.5 Å². The van der Waals surface area contributed by atoms with Crippen molar-refractivity contribution < 1.29 is 9.53 Å². The Hall–Kier alpha value is -1.55. The van der Waals surface area contributed by atoms with Gasteiger partial charge in [-0.05, 0) is 37.6 Å². The lowest BCUT2D eigenvalue weighted by Crippen LogP contribution is -2.51. The number of carbonyl (C=O) groups excluding carboxylic acids is 1. The molecule has 2 N–H and O–H groups in total. The Morgan fingerprint density at radius 3 is 2.57 bits per heavy atom. The summed E-state index contributed by atoms with van der Waals surface area (Å²) in [5.74, 6) is 0.943. The summed E-state index contributed by atoms with van der Waals surface area (Å²) in [4.78, 5) is 15.0. The molecule has 0 saturated carbocycles. The van der Waals surface area contributed by atoms with Crippen molar-refractivity contribution in [2.45, 2.75) is 45.6 Å². The number of nitrogens with zero attached hydrogens (tertiary/aromatic N) is 1. The Morgan fingerprint density at radius 2 is 1.95 bits per heavy atom. The largest absolute Gasteiger partial charge is 0.486 e. The monoisotopic (exact) mass is 288 g/mol.